The first-order valence-electron chi connectivity index (χ1n) is 22.9. The molecule has 0 nitrogen and oxygen atoms in total. The summed E-state index contributed by atoms with van der Waals surface area (Å²) in [5.41, 5.74) is 24.4. The van der Waals surface area contributed by atoms with Crippen molar-refractivity contribution < 1.29 is 48.1 Å². The van der Waals surface area contributed by atoms with Gasteiger partial charge in [-0.15, -0.1) is 44.8 Å². The van der Waals surface area contributed by atoms with Gasteiger partial charge in [0.15, 0.2) is 0 Å². The number of aryl methyl sites for hydroxylation is 10. The molecule has 0 fully saturated rings. The van der Waals surface area contributed by atoms with Gasteiger partial charge in [-0.3, -0.25) is 0 Å². The van der Waals surface area contributed by atoms with Crippen molar-refractivity contribution in [3.63, 3.8) is 0 Å². The maximum atomic E-state index is 2.43. The van der Waals surface area contributed by atoms with E-state index in [1.54, 1.807) is 23.3 Å². The van der Waals surface area contributed by atoms with Crippen molar-refractivity contribution >= 4 is 27.0 Å². The Labute approximate surface area is 414 Å². The van der Waals surface area contributed by atoms with E-state index in [1.165, 1.54) is 147 Å². The van der Waals surface area contributed by atoms with Crippen LogP contribution in [0.3, 0.4) is 0 Å². The Bertz CT molecular complexity index is 2400. The molecular weight excluding hydrogens is 911 g/mol. The van der Waals surface area contributed by atoms with E-state index in [-0.39, 0.29) is 30.2 Å². The zero-order valence-electron chi connectivity index (χ0n) is 40.5. The quantitative estimate of drug-likeness (QED) is 0.0946. The van der Waals surface area contributed by atoms with Crippen LogP contribution < -0.4 is 24.8 Å². The molecule has 0 atom stereocenters. The average molecular weight is 979 g/mol. The van der Waals surface area contributed by atoms with E-state index >= 15 is 0 Å². The van der Waals surface area contributed by atoms with Gasteiger partial charge in [0.2, 0.25) is 0 Å². The molecule has 332 valence electrons. The van der Waals surface area contributed by atoms with Gasteiger partial charge in [-0.05, 0) is 79.4 Å². The molecule has 0 amide bonds. The number of fused-ring (bicyclic) bond motifs is 2. The van der Waals surface area contributed by atoms with Gasteiger partial charge in [-0.1, -0.05) is 214 Å². The third-order valence-electron chi connectivity index (χ3n) is 11.7. The molecule has 0 saturated carbocycles. The number of halogens is 2. The van der Waals surface area contributed by atoms with Crippen molar-refractivity contribution in [1.29, 1.82) is 0 Å². The van der Waals surface area contributed by atoms with E-state index in [1.807, 2.05) is 0 Å². The Hall–Kier alpha value is -3.78. The van der Waals surface area contributed by atoms with Crippen molar-refractivity contribution in [2.24, 2.45) is 0 Å². The van der Waals surface area contributed by atoms with Crippen LogP contribution in [0.1, 0.15) is 95.2 Å². The van der Waals surface area contributed by atoms with E-state index in [4.69, 9.17) is 0 Å². The predicted octanol–water partition coefficient (Wildman–Crippen LogP) is 11.7. The molecule has 0 N–H and O–H groups in total. The van der Waals surface area contributed by atoms with Crippen molar-refractivity contribution in [3.05, 3.63) is 177 Å². The topological polar surface area (TPSA) is 0 Å². The van der Waals surface area contributed by atoms with Crippen LogP contribution in [-0.2, 0) is 36.2 Å². The molecule has 0 saturated heterocycles. The van der Waals surface area contributed by atoms with Gasteiger partial charge < -0.3 is 24.8 Å². The number of hydrogen-bond acceptors (Lipinski definition) is 0. The fourth-order valence-electron chi connectivity index (χ4n) is 9.30. The first kappa shape index (κ1) is 52.8. The third-order valence-corrected chi connectivity index (χ3v) is 11.7. The van der Waals surface area contributed by atoms with Crippen molar-refractivity contribution in [2.75, 3.05) is 0 Å². The molecule has 8 aromatic rings. The minimum atomic E-state index is 0. The van der Waals surface area contributed by atoms with Crippen molar-refractivity contribution in [2.45, 2.75) is 121 Å². The largest absolute Gasteiger partial charge is 1.00 e. The minimum Gasteiger partial charge on any atom is -1.00 e. The first-order chi connectivity index (χ1) is 29.6. The van der Waals surface area contributed by atoms with Gasteiger partial charge in [-0.2, -0.15) is 12.1 Å². The monoisotopic (exact) mass is 976 g/mol. The molecule has 4 heteroatoms. The van der Waals surface area contributed by atoms with Crippen LogP contribution in [-0.4, -0.2) is 5.43 Å². The molecule has 8 aromatic carbocycles. The summed E-state index contributed by atoms with van der Waals surface area (Å²) in [6.45, 7) is 26.7. The van der Waals surface area contributed by atoms with Crippen molar-refractivity contribution in [3.8, 4) is 44.5 Å². The fourth-order valence-corrected chi connectivity index (χ4v) is 9.30. The number of rotatable bonds is 10. The SMILES string of the molecule is CCCCc1cc2c(-c3cc(C)cc(C)c3)ccc(-c3cc(C)cc(C)c3)c2[cH-]1.CCCCc1cc2c(-c3cc(C)cc(C)c3)ccc(-c3cc(C)cc(C)c3)c2[cH-]1.C[Si](C)=[Zr+2].[Cl-].[Cl-]. The van der Waals surface area contributed by atoms with Crippen molar-refractivity contribution in [1.82, 2.24) is 0 Å². The van der Waals surface area contributed by atoms with Crippen LogP contribution in [0.25, 0.3) is 66.1 Å². The zero-order chi connectivity index (χ0) is 44.7. The number of hydrogen-bond donors (Lipinski definition) is 0. The van der Waals surface area contributed by atoms with E-state index in [0.717, 1.165) is 12.8 Å². The molecule has 0 aliphatic heterocycles. The first-order valence-corrected chi connectivity index (χ1v) is 29.1. The summed E-state index contributed by atoms with van der Waals surface area (Å²) < 4.78 is 0. The van der Waals surface area contributed by atoms with Crippen LogP contribution >= 0.6 is 0 Å². The van der Waals surface area contributed by atoms with Crippen LogP contribution in [0.4, 0.5) is 0 Å². The summed E-state index contributed by atoms with van der Waals surface area (Å²) >= 11 is 1.74. The third kappa shape index (κ3) is 13.6. The fraction of sp³-hybridized carbons (Fsp3) is 0.300. The minimum absolute atomic E-state index is 0. The van der Waals surface area contributed by atoms with E-state index in [9.17, 15) is 0 Å². The predicted molar refractivity (Wildman–Crippen MR) is 273 cm³/mol. The maximum Gasteiger partial charge on any atom is -1.00 e. The van der Waals surface area contributed by atoms with Gasteiger partial charge in [-0.25, -0.2) is 0 Å². The molecule has 64 heavy (non-hydrogen) atoms. The Morgan fingerprint density at radius 3 is 0.875 bits per heavy atom. The van der Waals surface area contributed by atoms with E-state index in [0.29, 0.717) is 0 Å². The van der Waals surface area contributed by atoms with Crippen LogP contribution in [0.15, 0.2) is 121 Å². The number of unbranched alkanes of at least 4 members (excludes halogenated alkanes) is 2. The van der Waals surface area contributed by atoms with Gasteiger partial charge in [0.1, 0.15) is 0 Å². The number of benzene rings is 6. The summed E-state index contributed by atoms with van der Waals surface area (Å²) in [6.07, 6.45) is 7.26. The van der Waals surface area contributed by atoms with Gasteiger partial charge in [0.25, 0.3) is 0 Å². The van der Waals surface area contributed by atoms with Crippen LogP contribution in [0.5, 0.6) is 0 Å². The summed E-state index contributed by atoms with van der Waals surface area (Å²) in [7, 11) is 0. The second-order valence-electron chi connectivity index (χ2n) is 18.4. The molecule has 8 rings (SSSR count). The molecule has 0 aliphatic rings. The van der Waals surface area contributed by atoms with Gasteiger partial charge >= 0.3 is 41.9 Å². The zero-order valence-corrected chi connectivity index (χ0v) is 45.5. The summed E-state index contributed by atoms with van der Waals surface area (Å²) in [4.78, 5) is 0. The normalized spacial score (nSPS) is 10.7. The van der Waals surface area contributed by atoms with Gasteiger partial charge in [0.05, 0.1) is 0 Å². The molecule has 0 aliphatic carbocycles. The average Bonchev–Trinajstić information content (AvgIpc) is 3.82. The second kappa shape index (κ2) is 24.1. The molecule has 0 bridgehead atoms. The van der Waals surface area contributed by atoms with Gasteiger partial charge in [0, 0.05) is 0 Å². The Kier molecular flexibility index (Phi) is 19.9. The Balaban J connectivity index is 0.000000252. The smallest absolute Gasteiger partial charge is 1.00 e. The molecule has 0 heterocycles. The molecule has 0 aromatic heterocycles. The van der Waals surface area contributed by atoms with Crippen LogP contribution in [0.2, 0.25) is 13.1 Å². The summed E-state index contributed by atoms with van der Waals surface area (Å²) in [5.74, 6) is 0. The molecular formula is C60H68Cl2SiZr-2. The summed E-state index contributed by atoms with van der Waals surface area (Å²) in [6, 6.07) is 46.6. The van der Waals surface area contributed by atoms with Crippen LogP contribution in [0, 0.1) is 55.4 Å². The molecule has 0 unspecified atom stereocenters. The van der Waals surface area contributed by atoms with E-state index < -0.39 is 0 Å². The Morgan fingerprint density at radius 2 is 0.625 bits per heavy atom. The maximum absolute atomic E-state index is 2.43. The second-order valence-corrected chi connectivity index (χ2v) is 27.8. The standard InChI is InChI=1S/2C29H31.C2H6Si.2ClH.Zr/c2*1-6-7-8-23-17-28-26(24-13-19(2)11-20(3)14-24)9-10-27(29(28)18-23)25-15-21(4)12-22(5)16-25;1-3-2;;;/h2*9-18H,6-8H2,1-5H3;1-2H3;2*1H;/q2*-1;;;;+2/p-2. The molecule has 0 radical (unpaired) electrons. The van der Waals surface area contributed by atoms with E-state index in [2.05, 4.69) is 204 Å². The summed E-state index contributed by atoms with van der Waals surface area (Å²) in [5, 5.41) is 5.55. The molecule has 0 spiro atoms. The Morgan fingerprint density at radius 1 is 0.391 bits per heavy atom.